The van der Waals surface area contributed by atoms with Gasteiger partial charge < -0.3 is 4.90 Å². The average Bonchev–Trinajstić information content (AvgIpc) is 2.39. The Bertz CT molecular complexity index is 595. The van der Waals surface area contributed by atoms with E-state index in [0.717, 1.165) is 17.1 Å². The highest BCUT2D eigenvalue weighted by Crippen LogP contribution is 2.30. The van der Waals surface area contributed by atoms with E-state index in [4.69, 9.17) is 0 Å². The molecular weight excluding hydrogens is 232 g/mol. The lowest BCUT2D eigenvalue weighted by Gasteiger charge is -2.33. The summed E-state index contributed by atoms with van der Waals surface area (Å²) >= 11 is 0. The van der Waals surface area contributed by atoms with Gasteiger partial charge in [-0.3, -0.25) is 4.98 Å². The maximum absolute atomic E-state index is 4.66. The van der Waals surface area contributed by atoms with Gasteiger partial charge in [0.2, 0.25) is 0 Å². The number of aromatic nitrogens is 1. The van der Waals surface area contributed by atoms with Crippen LogP contribution < -0.4 is 4.90 Å². The molecule has 0 radical (unpaired) electrons. The third kappa shape index (κ3) is 2.44. The molecule has 0 N–H and O–H groups in total. The molecule has 1 aliphatic rings. The first-order valence-electron chi connectivity index (χ1n) is 7.26. The third-order valence-corrected chi connectivity index (χ3v) is 4.19. The van der Waals surface area contributed by atoms with E-state index in [1.165, 1.54) is 42.6 Å². The molecule has 2 heterocycles. The Hall–Kier alpha value is -1.57. The van der Waals surface area contributed by atoms with Crippen molar-refractivity contribution in [1.29, 1.82) is 0 Å². The van der Waals surface area contributed by atoms with Crippen LogP contribution in [-0.2, 0) is 0 Å². The van der Waals surface area contributed by atoms with E-state index < -0.39 is 0 Å². The van der Waals surface area contributed by atoms with Gasteiger partial charge in [0.25, 0.3) is 0 Å². The molecule has 3 rings (SSSR count). The molecule has 0 aliphatic carbocycles. The molecule has 100 valence electrons. The molecule has 2 aromatic rings. The summed E-state index contributed by atoms with van der Waals surface area (Å²) in [5.74, 6) is 0.868. The summed E-state index contributed by atoms with van der Waals surface area (Å²) in [5, 5.41) is 1.31. The molecule has 0 unspecified atom stereocenters. The van der Waals surface area contributed by atoms with Crippen LogP contribution in [0.15, 0.2) is 24.3 Å². The maximum Gasteiger partial charge on any atom is 0.0726 e. The van der Waals surface area contributed by atoms with Gasteiger partial charge in [0.15, 0.2) is 0 Å². The molecule has 1 aromatic heterocycles. The molecule has 1 saturated heterocycles. The first kappa shape index (κ1) is 12.5. The zero-order valence-corrected chi connectivity index (χ0v) is 12.1. The van der Waals surface area contributed by atoms with Gasteiger partial charge in [-0.2, -0.15) is 0 Å². The summed E-state index contributed by atoms with van der Waals surface area (Å²) in [5.41, 5.74) is 4.92. The van der Waals surface area contributed by atoms with Crippen LogP contribution in [0, 0.1) is 19.8 Å². The quantitative estimate of drug-likeness (QED) is 0.762. The van der Waals surface area contributed by atoms with Crippen molar-refractivity contribution in [2.75, 3.05) is 18.0 Å². The zero-order valence-electron chi connectivity index (χ0n) is 12.1. The van der Waals surface area contributed by atoms with E-state index in [1.54, 1.807) is 0 Å². The van der Waals surface area contributed by atoms with Gasteiger partial charge in [-0.1, -0.05) is 18.6 Å². The Balaban J connectivity index is 2.08. The molecule has 2 nitrogen and oxygen atoms in total. The number of piperidine rings is 1. The van der Waals surface area contributed by atoms with Crippen LogP contribution in [0.3, 0.4) is 0 Å². The number of aryl methyl sites for hydroxylation is 2. The Kier molecular flexibility index (Phi) is 3.17. The molecule has 0 atom stereocenters. The minimum Gasteiger partial charge on any atom is -0.371 e. The van der Waals surface area contributed by atoms with Crippen molar-refractivity contribution < 1.29 is 0 Å². The predicted octanol–water partition coefficient (Wildman–Crippen LogP) is 4.09. The summed E-state index contributed by atoms with van der Waals surface area (Å²) in [6, 6.07) is 8.82. The average molecular weight is 254 g/mol. The number of rotatable bonds is 1. The van der Waals surface area contributed by atoms with Gasteiger partial charge in [-0.25, -0.2) is 0 Å². The molecule has 0 bridgehead atoms. The summed E-state index contributed by atoms with van der Waals surface area (Å²) in [7, 11) is 0. The molecule has 0 saturated carbocycles. The third-order valence-electron chi connectivity index (χ3n) is 4.19. The highest BCUT2D eigenvalue weighted by Gasteiger charge is 2.18. The summed E-state index contributed by atoms with van der Waals surface area (Å²) in [4.78, 5) is 7.20. The van der Waals surface area contributed by atoms with Crippen LogP contribution in [0.2, 0.25) is 0 Å². The van der Waals surface area contributed by atoms with Crippen molar-refractivity contribution in [1.82, 2.24) is 4.98 Å². The molecule has 0 amide bonds. The van der Waals surface area contributed by atoms with E-state index in [-0.39, 0.29) is 0 Å². The minimum atomic E-state index is 0.868. The fourth-order valence-electron chi connectivity index (χ4n) is 2.96. The van der Waals surface area contributed by atoms with Crippen molar-refractivity contribution in [3.63, 3.8) is 0 Å². The summed E-state index contributed by atoms with van der Waals surface area (Å²) in [6.45, 7) is 8.95. The van der Waals surface area contributed by atoms with Crippen LogP contribution in [0.1, 0.15) is 31.0 Å². The van der Waals surface area contributed by atoms with Crippen molar-refractivity contribution >= 4 is 16.6 Å². The first-order valence-corrected chi connectivity index (χ1v) is 7.26. The van der Waals surface area contributed by atoms with Crippen molar-refractivity contribution in [2.45, 2.75) is 33.6 Å². The monoisotopic (exact) mass is 254 g/mol. The number of pyridine rings is 1. The highest BCUT2D eigenvalue weighted by molar-refractivity contribution is 5.92. The molecule has 0 spiro atoms. The second-order valence-electron chi connectivity index (χ2n) is 5.97. The Morgan fingerprint density at radius 1 is 1.11 bits per heavy atom. The fourth-order valence-corrected chi connectivity index (χ4v) is 2.96. The zero-order chi connectivity index (χ0) is 13.4. The van der Waals surface area contributed by atoms with Crippen LogP contribution in [0.25, 0.3) is 10.9 Å². The topological polar surface area (TPSA) is 16.1 Å². The van der Waals surface area contributed by atoms with Gasteiger partial charge in [0, 0.05) is 29.9 Å². The van der Waals surface area contributed by atoms with Crippen molar-refractivity contribution in [3.8, 4) is 0 Å². The second kappa shape index (κ2) is 4.84. The van der Waals surface area contributed by atoms with Crippen molar-refractivity contribution in [3.05, 3.63) is 35.5 Å². The maximum atomic E-state index is 4.66. The van der Waals surface area contributed by atoms with Gasteiger partial charge in [0.05, 0.1) is 5.52 Å². The van der Waals surface area contributed by atoms with Gasteiger partial charge in [-0.05, 0) is 50.8 Å². The number of nitrogens with zero attached hydrogens (tertiary/aromatic N) is 2. The highest BCUT2D eigenvalue weighted by atomic mass is 15.1. The molecule has 1 fully saturated rings. The van der Waals surface area contributed by atoms with Crippen LogP contribution >= 0.6 is 0 Å². The van der Waals surface area contributed by atoms with Crippen LogP contribution in [0.5, 0.6) is 0 Å². The lowest BCUT2D eigenvalue weighted by molar-refractivity contribution is 0.439. The molecule has 2 heteroatoms. The van der Waals surface area contributed by atoms with E-state index in [9.17, 15) is 0 Å². The van der Waals surface area contributed by atoms with Crippen LogP contribution in [0.4, 0.5) is 5.69 Å². The van der Waals surface area contributed by atoms with E-state index >= 15 is 0 Å². The SMILES string of the molecule is Cc1ccc2nc(C)cc(N3CCC(C)CC3)c2c1. The van der Waals surface area contributed by atoms with E-state index in [1.807, 2.05) is 0 Å². The van der Waals surface area contributed by atoms with E-state index in [0.29, 0.717) is 0 Å². The van der Waals surface area contributed by atoms with Crippen LogP contribution in [-0.4, -0.2) is 18.1 Å². The normalized spacial score (nSPS) is 17.1. The Labute approximate surface area is 115 Å². The van der Waals surface area contributed by atoms with Gasteiger partial charge in [-0.15, -0.1) is 0 Å². The van der Waals surface area contributed by atoms with E-state index in [2.05, 4.69) is 54.9 Å². The Morgan fingerprint density at radius 2 is 1.84 bits per heavy atom. The number of anilines is 1. The molecule has 1 aliphatic heterocycles. The lowest BCUT2D eigenvalue weighted by atomic mass is 9.98. The minimum absolute atomic E-state index is 0.868. The lowest BCUT2D eigenvalue weighted by Crippen LogP contribution is -2.33. The molecule has 19 heavy (non-hydrogen) atoms. The van der Waals surface area contributed by atoms with Gasteiger partial charge in [0.1, 0.15) is 0 Å². The molecule has 1 aromatic carbocycles. The Morgan fingerprint density at radius 3 is 2.58 bits per heavy atom. The number of fused-ring (bicyclic) bond motifs is 1. The standard InChI is InChI=1S/C17H22N2/c1-12-6-8-19(9-7-12)17-11-14(3)18-16-5-4-13(2)10-15(16)17/h4-5,10-12H,6-9H2,1-3H3. The number of hydrogen-bond acceptors (Lipinski definition) is 2. The van der Waals surface area contributed by atoms with Gasteiger partial charge >= 0.3 is 0 Å². The second-order valence-corrected chi connectivity index (χ2v) is 5.97. The first-order chi connectivity index (χ1) is 9.13. The fraction of sp³-hybridized carbons (Fsp3) is 0.471. The summed E-state index contributed by atoms with van der Waals surface area (Å²) < 4.78 is 0. The smallest absolute Gasteiger partial charge is 0.0726 e. The predicted molar refractivity (Wildman–Crippen MR) is 81.8 cm³/mol. The largest absolute Gasteiger partial charge is 0.371 e. The molecular formula is C17H22N2. The number of benzene rings is 1. The number of hydrogen-bond donors (Lipinski definition) is 0. The summed E-state index contributed by atoms with van der Waals surface area (Å²) in [6.07, 6.45) is 2.60. The van der Waals surface area contributed by atoms with Crippen molar-refractivity contribution in [2.24, 2.45) is 5.92 Å².